The minimum atomic E-state index is -2.16. The van der Waals surface area contributed by atoms with Gasteiger partial charge in [0.1, 0.15) is 70.8 Å². The summed E-state index contributed by atoms with van der Waals surface area (Å²) in [5.41, 5.74) is -2.97. The summed E-state index contributed by atoms with van der Waals surface area (Å²) >= 11 is 0. The van der Waals surface area contributed by atoms with E-state index in [0.717, 1.165) is 6.07 Å². The predicted molar refractivity (Wildman–Crippen MR) is 177 cm³/mol. The van der Waals surface area contributed by atoms with Crippen LogP contribution in [0.3, 0.4) is 0 Å². The third-order valence-electron chi connectivity index (χ3n) is 9.40. The van der Waals surface area contributed by atoms with Gasteiger partial charge in [-0.3, -0.25) is 4.79 Å². The lowest BCUT2D eigenvalue weighted by atomic mass is 9.98. The highest BCUT2D eigenvalue weighted by Gasteiger charge is 2.54. The maximum atomic E-state index is 14.4. The van der Waals surface area contributed by atoms with E-state index in [0.29, 0.717) is 5.75 Å². The molecule has 0 amide bonds. The van der Waals surface area contributed by atoms with Crippen molar-refractivity contribution in [2.24, 2.45) is 0 Å². The minimum absolute atomic E-state index is 0.106. The first-order valence-electron chi connectivity index (χ1n) is 16.6. The summed E-state index contributed by atoms with van der Waals surface area (Å²) < 4.78 is 56.5. The summed E-state index contributed by atoms with van der Waals surface area (Å²) in [4.78, 5) is 14.4. The Balaban J connectivity index is 1.42. The summed E-state index contributed by atoms with van der Waals surface area (Å²) in [5, 5.41) is 94.0. The molecule has 2 aromatic carbocycles. The van der Waals surface area contributed by atoms with Gasteiger partial charge in [0.15, 0.2) is 35.9 Å². The number of aliphatic hydroxyl groups excluding tert-OH is 7. The fraction of sp³-hybridized carbons (Fsp3) is 0.559. The molecule has 20 nitrogen and oxygen atoms in total. The van der Waals surface area contributed by atoms with E-state index in [4.69, 9.17) is 47.0 Å². The van der Waals surface area contributed by atoms with Crippen molar-refractivity contribution >= 4 is 11.0 Å². The highest BCUT2D eigenvalue weighted by atomic mass is 16.8. The molecule has 12 atom stereocenters. The van der Waals surface area contributed by atoms with E-state index < -0.39 is 111 Å². The molecule has 3 saturated heterocycles. The van der Waals surface area contributed by atoms with Gasteiger partial charge in [-0.15, -0.1) is 0 Å². The number of aromatic hydroxyl groups is 1. The predicted octanol–water partition coefficient (Wildman–Crippen LogP) is -2.70. The number of phenols is 1. The Bertz CT molecular complexity index is 1830. The van der Waals surface area contributed by atoms with Crippen molar-refractivity contribution in [3.05, 3.63) is 40.6 Å². The quantitative estimate of drug-likeness (QED) is 0.0905. The Morgan fingerprint density at radius 1 is 0.833 bits per heavy atom. The monoisotopic (exact) mass is 770 g/mol. The molecule has 54 heavy (non-hydrogen) atoms. The Morgan fingerprint density at radius 3 is 2.22 bits per heavy atom. The molecule has 6 rings (SSSR count). The first kappa shape index (κ1) is 39.8. The van der Waals surface area contributed by atoms with Crippen molar-refractivity contribution in [3.8, 4) is 40.1 Å². The van der Waals surface area contributed by atoms with Crippen LogP contribution < -0.4 is 24.4 Å². The Hall–Kier alpha value is -3.87. The van der Waals surface area contributed by atoms with Gasteiger partial charge in [0.2, 0.25) is 17.5 Å². The zero-order valence-electron chi connectivity index (χ0n) is 29.1. The third-order valence-corrected chi connectivity index (χ3v) is 9.40. The molecule has 9 N–H and O–H groups in total. The largest absolute Gasteiger partial charge is 0.508 e. The van der Waals surface area contributed by atoms with Gasteiger partial charge < -0.3 is 93.0 Å². The average Bonchev–Trinajstić information content (AvgIpc) is 3.45. The summed E-state index contributed by atoms with van der Waals surface area (Å²) in [7, 11) is 4.04. The zero-order valence-corrected chi connectivity index (χ0v) is 29.1. The second-order valence-electron chi connectivity index (χ2n) is 12.9. The maximum Gasteiger partial charge on any atom is 0.239 e. The standard InChI is InChI=1S/C34H42O20/c1-45-16-5-4-13(6-17(16)46-2)27-28(24(40)21-18(47-3)7-14(36)8-19(21)51-27)53-32-29(54-33-30(43)34(44,11-35)12-50-33)25(41)23(39)20(52-32)10-49-31-26(42)22(38)15(37)9-48-31/h4-8,15,20,22-23,25-26,29-33,35-39,41-44H,9-12H2,1-3H3/t15-,20?,22+,23+,25-,26+,29+,30-,31?,32?,33?,34+/m0/s1. The average molecular weight is 771 g/mol. The third kappa shape index (κ3) is 7.41. The summed E-state index contributed by atoms with van der Waals surface area (Å²) in [6, 6.07) is 6.81. The van der Waals surface area contributed by atoms with E-state index in [1.54, 1.807) is 0 Å². The molecule has 0 spiro atoms. The fourth-order valence-corrected chi connectivity index (χ4v) is 6.27. The highest BCUT2D eigenvalue weighted by Crippen LogP contribution is 2.41. The van der Waals surface area contributed by atoms with Crippen LogP contribution in [0.25, 0.3) is 22.3 Å². The molecular formula is C34H42O20. The van der Waals surface area contributed by atoms with Gasteiger partial charge in [-0.05, 0) is 18.2 Å². The lowest BCUT2D eigenvalue weighted by molar-refractivity contribution is -0.331. The lowest BCUT2D eigenvalue weighted by Crippen LogP contribution is -2.63. The Morgan fingerprint density at radius 2 is 1.56 bits per heavy atom. The van der Waals surface area contributed by atoms with E-state index in [1.807, 2.05) is 0 Å². The van der Waals surface area contributed by atoms with Gasteiger partial charge >= 0.3 is 0 Å². The van der Waals surface area contributed by atoms with Crippen LogP contribution in [0, 0.1) is 0 Å². The van der Waals surface area contributed by atoms with Crippen molar-refractivity contribution in [3.63, 3.8) is 0 Å². The molecular weight excluding hydrogens is 728 g/mol. The van der Waals surface area contributed by atoms with Crippen LogP contribution in [0.1, 0.15) is 0 Å². The number of aliphatic hydroxyl groups is 8. The van der Waals surface area contributed by atoms with Crippen LogP contribution in [0.5, 0.6) is 28.7 Å². The number of ether oxygens (including phenoxy) is 9. The van der Waals surface area contributed by atoms with Crippen molar-refractivity contribution in [2.45, 2.75) is 73.3 Å². The number of phenolic OH excluding ortho intramolecular Hbond substituents is 1. The topological polar surface area (TPSA) is 295 Å². The SMILES string of the molecule is COc1ccc(-c2oc3cc(O)cc(OC)c3c(=O)c2OC2OC(COC3OC[C@H](O)[C@@H](O)[C@H]3O)[C@@H](O)[C@H](O)[C@H]2OC2OC[C@](O)(CO)[C@H]2O)cc1OC. The molecule has 4 unspecified atom stereocenters. The molecule has 3 aromatic rings. The van der Waals surface area contributed by atoms with E-state index in [-0.39, 0.29) is 39.5 Å². The first-order chi connectivity index (χ1) is 25.7. The number of rotatable bonds is 12. The molecule has 3 fully saturated rings. The van der Waals surface area contributed by atoms with Crippen molar-refractivity contribution in [1.82, 2.24) is 0 Å². The van der Waals surface area contributed by atoms with Gasteiger partial charge in [0.25, 0.3) is 0 Å². The highest BCUT2D eigenvalue weighted by molar-refractivity contribution is 5.88. The number of methoxy groups -OCH3 is 3. The van der Waals surface area contributed by atoms with Crippen LogP contribution in [-0.4, -0.2) is 167 Å². The van der Waals surface area contributed by atoms with Gasteiger partial charge in [0.05, 0.1) is 47.8 Å². The van der Waals surface area contributed by atoms with E-state index >= 15 is 0 Å². The molecule has 20 heteroatoms. The maximum absolute atomic E-state index is 14.4. The molecule has 4 heterocycles. The van der Waals surface area contributed by atoms with Crippen LogP contribution in [-0.2, 0) is 23.7 Å². The van der Waals surface area contributed by atoms with Crippen molar-refractivity contribution < 1.29 is 93.0 Å². The zero-order chi connectivity index (χ0) is 39.1. The minimum Gasteiger partial charge on any atom is -0.508 e. The van der Waals surface area contributed by atoms with E-state index in [1.165, 1.54) is 45.6 Å². The van der Waals surface area contributed by atoms with Gasteiger partial charge in [-0.25, -0.2) is 0 Å². The number of hydrogen-bond acceptors (Lipinski definition) is 20. The Labute approximate surface area is 305 Å². The van der Waals surface area contributed by atoms with Crippen LogP contribution in [0.4, 0.5) is 0 Å². The summed E-state index contributed by atoms with van der Waals surface area (Å²) in [5.74, 6) is -0.687. The van der Waals surface area contributed by atoms with Gasteiger partial charge in [-0.2, -0.15) is 0 Å². The van der Waals surface area contributed by atoms with Gasteiger partial charge in [-0.1, -0.05) is 0 Å². The number of hydrogen-bond donors (Lipinski definition) is 9. The second-order valence-corrected chi connectivity index (χ2v) is 12.9. The molecule has 1 aromatic heterocycles. The fourth-order valence-electron chi connectivity index (χ4n) is 6.27. The van der Waals surface area contributed by atoms with Crippen LogP contribution in [0.15, 0.2) is 39.5 Å². The molecule has 3 aliphatic heterocycles. The normalized spacial score (nSPS) is 34.2. The van der Waals surface area contributed by atoms with Crippen LogP contribution in [0.2, 0.25) is 0 Å². The van der Waals surface area contributed by atoms with Gasteiger partial charge in [0, 0.05) is 17.7 Å². The molecule has 0 aliphatic carbocycles. The van der Waals surface area contributed by atoms with Crippen molar-refractivity contribution in [2.75, 3.05) is 47.8 Å². The molecule has 3 aliphatic rings. The summed E-state index contributed by atoms with van der Waals surface area (Å²) in [6.07, 6.45) is -18.9. The van der Waals surface area contributed by atoms with E-state index in [2.05, 4.69) is 0 Å². The number of benzene rings is 2. The lowest BCUT2D eigenvalue weighted by Gasteiger charge is -2.43. The van der Waals surface area contributed by atoms with Crippen molar-refractivity contribution in [1.29, 1.82) is 0 Å². The van der Waals surface area contributed by atoms with Crippen LogP contribution >= 0.6 is 0 Å². The molecule has 0 bridgehead atoms. The first-order valence-corrected chi connectivity index (χ1v) is 16.6. The number of fused-ring (bicyclic) bond motifs is 1. The summed E-state index contributed by atoms with van der Waals surface area (Å²) in [6.45, 7) is -2.55. The Kier molecular flexibility index (Phi) is 11.9. The molecule has 0 radical (unpaired) electrons. The molecule has 298 valence electrons. The molecule has 0 saturated carbocycles. The second kappa shape index (κ2) is 16.1. The smallest absolute Gasteiger partial charge is 0.239 e. The van der Waals surface area contributed by atoms with E-state index in [9.17, 15) is 50.8 Å².